The van der Waals surface area contributed by atoms with Crippen molar-refractivity contribution in [2.45, 2.75) is 51.0 Å². The Bertz CT molecular complexity index is 131. The van der Waals surface area contributed by atoms with E-state index in [9.17, 15) is 5.11 Å². The zero-order valence-corrected chi connectivity index (χ0v) is 8.76. The molecule has 0 aliphatic heterocycles. The Morgan fingerprint density at radius 3 is 1.77 bits per heavy atom. The number of allylic oxidation sites excluding steroid dienone is 2. The van der Waals surface area contributed by atoms with Gasteiger partial charge in [0.05, 0.1) is 5.60 Å². The molecule has 0 bridgehead atoms. The van der Waals surface area contributed by atoms with E-state index in [0.29, 0.717) is 0 Å². The quantitative estimate of drug-likeness (QED) is 0.450. The molecule has 0 fully saturated rings. The van der Waals surface area contributed by atoms with Crippen molar-refractivity contribution < 1.29 is 5.11 Å². The molecule has 0 saturated heterocycles. The summed E-state index contributed by atoms with van der Waals surface area (Å²) < 4.78 is 0. The second kappa shape index (κ2) is 6.90. The summed E-state index contributed by atoms with van der Waals surface area (Å²) in [7, 11) is 0. The van der Waals surface area contributed by atoms with Crippen LogP contribution in [0.15, 0.2) is 25.3 Å². The average Bonchev–Trinajstić information content (AvgIpc) is 2.05. The van der Waals surface area contributed by atoms with Gasteiger partial charge in [-0.15, -0.1) is 13.2 Å². The van der Waals surface area contributed by atoms with Gasteiger partial charge in [0.25, 0.3) is 0 Å². The molecule has 0 spiro atoms. The fourth-order valence-electron chi connectivity index (χ4n) is 1.38. The fourth-order valence-corrected chi connectivity index (χ4v) is 1.38. The molecule has 0 aromatic heterocycles. The van der Waals surface area contributed by atoms with Crippen molar-refractivity contribution in [2.24, 2.45) is 0 Å². The summed E-state index contributed by atoms with van der Waals surface area (Å²) in [6.07, 6.45) is 9.61. The maximum Gasteiger partial charge on any atom is 0.0620 e. The Morgan fingerprint density at radius 1 is 1.08 bits per heavy atom. The van der Waals surface area contributed by atoms with Gasteiger partial charge in [0.15, 0.2) is 0 Å². The molecule has 0 aromatic carbocycles. The molecule has 0 unspecified atom stereocenters. The molecule has 0 atom stereocenters. The van der Waals surface area contributed by atoms with Gasteiger partial charge >= 0.3 is 0 Å². The van der Waals surface area contributed by atoms with Gasteiger partial charge in [-0.1, -0.05) is 12.2 Å². The molecule has 0 heterocycles. The van der Waals surface area contributed by atoms with Gasteiger partial charge < -0.3 is 5.11 Å². The minimum Gasteiger partial charge on any atom is -0.390 e. The standard InChI is InChI=1S/C12H22O/c1-4-6-8-10-12(3,13)11-9-7-5-2/h4-5,13H,1-2,6-11H2,3H3. The summed E-state index contributed by atoms with van der Waals surface area (Å²) in [6.45, 7) is 9.24. The van der Waals surface area contributed by atoms with Crippen LogP contribution in [-0.2, 0) is 0 Å². The summed E-state index contributed by atoms with van der Waals surface area (Å²) in [5.74, 6) is 0. The van der Waals surface area contributed by atoms with Crippen LogP contribution < -0.4 is 0 Å². The van der Waals surface area contributed by atoms with Crippen LogP contribution in [0.1, 0.15) is 45.4 Å². The van der Waals surface area contributed by atoms with Crippen LogP contribution in [0.4, 0.5) is 0 Å². The Hall–Kier alpha value is -0.560. The van der Waals surface area contributed by atoms with Crippen molar-refractivity contribution in [2.75, 3.05) is 0 Å². The van der Waals surface area contributed by atoms with Crippen molar-refractivity contribution in [3.8, 4) is 0 Å². The van der Waals surface area contributed by atoms with Crippen molar-refractivity contribution in [1.82, 2.24) is 0 Å². The number of hydrogen-bond acceptors (Lipinski definition) is 1. The number of aliphatic hydroxyl groups is 1. The molecule has 0 aliphatic rings. The molecule has 1 heteroatoms. The van der Waals surface area contributed by atoms with Crippen LogP contribution in [0.3, 0.4) is 0 Å². The zero-order chi connectivity index (χ0) is 10.2. The zero-order valence-electron chi connectivity index (χ0n) is 8.76. The minimum atomic E-state index is -0.494. The third kappa shape index (κ3) is 7.79. The number of rotatable bonds is 8. The molecule has 0 rings (SSSR count). The summed E-state index contributed by atoms with van der Waals surface area (Å²) in [4.78, 5) is 0. The van der Waals surface area contributed by atoms with Gasteiger partial charge in [0.2, 0.25) is 0 Å². The largest absolute Gasteiger partial charge is 0.390 e. The van der Waals surface area contributed by atoms with Gasteiger partial charge in [0, 0.05) is 0 Å². The first kappa shape index (κ1) is 12.4. The van der Waals surface area contributed by atoms with Gasteiger partial charge in [-0.25, -0.2) is 0 Å². The molecule has 0 saturated carbocycles. The Kier molecular flexibility index (Phi) is 6.61. The van der Waals surface area contributed by atoms with Gasteiger partial charge in [-0.2, -0.15) is 0 Å². The lowest BCUT2D eigenvalue weighted by molar-refractivity contribution is 0.0385. The van der Waals surface area contributed by atoms with Crippen molar-refractivity contribution in [1.29, 1.82) is 0 Å². The first-order valence-corrected chi connectivity index (χ1v) is 5.06. The van der Waals surface area contributed by atoms with E-state index in [1.807, 2.05) is 19.1 Å². The summed E-state index contributed by atoms with van der Waals surface area (Å²) in [6, 6.07) is 0. The maximum atomic E-state index is 9.90. The Balaban J connectivity index is 3.52. The van der Waals surface area contributed by atoms with Crippen LogP contribution >= 0.6 is 0 Å². The highest BCUT2D eigenvalue weighted by molar-refractivity contribution is 4.77. The molecular weight excluding hydrogens is 160 g/mol. The number of unbranched alkanes of at least 4 members (excludes halogenated alkanes) is 2. The van der Waals surface area contributed by atoms with Crippen LogP contribution in [0.2, 0.25) is 0 Å². The van der Waals surface area contributed by atoms with Crippen LogP contribution in [0, 0.1) is 0 Å². The molecule has 0 amide bonds. The van der Waals surface area contributed by atoms with E-state index in [1.54, 1.807) is 0 Å². The molecule has 1 nitrogen and oxygen atoms in total. The SMILES string of the molecule is C=CCCCC(C)(O)CCCC=C. The van der Waals surface area contributed by atoms with E-state index >= 15 is 0 Å². The lowest BCUT2D eigenvalue weighted by Gasteiger charge is -2.22. The first-order chi connectivity index (χ1) is 6.12. The van der Waals surface area contributed by atoms with Gasteiger partial charge in [0.1, 0.15) is 0 Å². The van der Waals surface area contributed by atoms with E-state index in [1.165, 1.54) is 0 Å². The van der Waals surface area contributed by atoms with Gasteiger partial charge in [-0.05, 0) is 45.4 Å². The molecule has 0 aliphatic carbocycles. The number of hydrogen-bond donors (Lipinski definition) is 1. The van der Waals surface area contributed by atoms with Crippen molar-refractivity contribution in [3.05, 3.63) is 25.3 Å². The molecule has 1 N–H and O–H groups in total. The monoisotopic (exact) mass is 182 g/mol. The Labute approximate surface area is 82.2 Å². The predicted molar refractivity (Wildman–Crippen MR) is 58.7 cm³/mol. The van der Waals surface area contributed by atoms with Crippen molar-refractivity contribution in [3.63, 3.8) is 0 Å². The average molecular weight is 182 g/mol. The third-order valence-electron chi connectivity index (χ3n) is 2.25. The van der Waals surface area contributed by atoms with Crippen LogP contribution in [0.25, 0.3) is 0 Å². The highest BCUT2D eigenvalue weighted by Crippen LogP contribution is 2.20. The van der Waals surface area contributed by atoms with E-state index in [-0.39, 0.29) is 0 Å². The molecule has 0 radical (unpaired) electrons. The summed E-state index contributed by atoms with van der Waals surface area (Å²) in [5.41, 5.74) is -0.494. The third-order valence-corrected chi connectivity index (χ3v) is 2.25. The Morgan fingerprint density at radius 2 is 1.46 bits per heavy atom. The highest BCUT2D eigenvalue weighted by atomic mass is 16.3. The second-order valence-electron chi connectivity index (χ2n) is 3.86. The van der Waals surface area contributed by atoms with E-state index in [2.05, 4.69) is 13.2 Å². The smallest absolute Gasteiger partial charge is 0.0620 e. The van der Waals surface area contributed by atoms with E-state index in [4.69, 9.17) is 0 Å². The second-order valence-corrected chi connectivity index (χ2v) is 3.86. The van der Waals surface area contributed by atoms with Crippen LogP contribution in [-0.4, -0.2) is 10.7 Å². The predicted octanol–water partition coefficient (Wildman–Crippen LogP) is 3.45. The maximum absolute atomic E-state index is 9.90. The lowest BCUT2D eigenvalue weighted by Crippen LogP contribution is -2.23. The minimum absolute atomic E-state index is 0.494. The molecule has 76 valence electrons. The summed E-state index contributed by atoms with van der Waals surface area (Å²) in [5, 5.41) is 9.90. The van der Waals surface area contributed by atoms with Gasteiger partial charge in [-0.3, -0.25) is 0 Å². The van der Waals surface area contributed by atoms with E-state index < -0.39 is 5.60 Å². The lowest BCUT2D eigenvalue weighted by atomic mass is 9.93. The summed E-state index contributed by atoms with van der Waals surface area (Å²) >= 11 is 0. The molecule has 0 aromatic rings. The van der Waals surface area contributed by atoms with Crippen LogP contribution in [0.5, 0.6) is 0 Å². The fraction of sp³-hybridized carbons (Fsp3) is 0.667. The van der Waals surface area contributed by atoms with Crippen molar-refractivity contribution >= 4 is 0 Å². The molecular formula is C12H22O. The molecule has 13 heavy (non-hydrogen) atoms. The topological polar surface area (TPSA) is 20.2 Å². The van der Waals surface area contributed by atoms with E-state index in [0.717, 1.165) is 38.5 Å². The highest BCUT2D eigenvalue weighted by Gasteiger charge is 2.18. The first-order valence-electron chi connectivity index (χ1n) is 5.06. The normalized spacial score (nSPS) is 11.2.